The van der Waals surface area contributed by atoms with E-state index in [1.165, 1.54) is 30.7 Å². The number of benzene rings is 1. The fourth-order valence-electron chi connectivity index (χ4n) is 3.17. The Hall–Kier alpha value is -2.06. The highest BCUT2D eigenvalue weighted by molar-refractivity contribution is 7.89. The molecule has 1 aromatic heterocycles. The topological polar surface area (TPSA) is 81.9 Å². The maximum absolute atomic E-state index is 13.2. The molecule has 26 heavy (non-hydrogen) atoms. The summed E-state index contributed by atoms with van der Waals surface area (Å²) in [6.07, 6.45) is 1.50. The summed E-state index contributed by atoms with van der Waals surface area (Å²) < 4.78 is 43.7. The third-order valence-electron chi connectivity index (χ3n) is 4.62. The van der Waals surface area contributed by atoms with Gasteiger partial charge in [0.05, 0.1) is 25.2 Å². The summed E-state index contributed by atoms with van der Waals surface area (Å²) in [5.41, 5.74) is 0.662. The van der Waals surface area contributed by atoms with Crippen LogP contribution in [-0.2, 0) is 10.0 Å². The zero-order valence-corrected chi connectivity index (χ0v) is 16.2. The first-order chi connectivity index (χ1) is 12.4. The van der Waals surface area contributed by atoms with Crippen LogP contribution >= 0.6 is 0 Å². The van der Waals surface area contributed by atoms with Crippen molar-refractivity contribution in [1.29, 1.82) is 0 Å². The van der Waals surface area contributed by atoms with E-state index in [1.54, 1.807) is 6.07 Å². The largest absolute Gasteiger partial charge is 0.493 e. The number of aromatic nitrogens is 1. The Labute approximate surface area is 153 Å². The summed E-state index contributed by atoms with van der Waals surface area (Å²) in [5, 5.41) is 4.11. The molecule has 3 rings (SSSR count). The molecule has 1 aliphatic rings. The van der Waals surface area contributed by atoms with Gasteiger partial charge in [-0.1, -0.05) is 19.0 Å². The molecule has 0 spiro atoms. The average molecular weight is 380 g/mol. The fraction of sp³-hybridized carbons (Fsp3) is 0.500. The van der Waals surface area contributed by atoms with Crippen molar-refractivity contribution >= 4 is 10.0 Å². The molecule has 2 heterocycles. The van der Waals surface area contributed by atoms with E-state index in [2.05, 4.69) is 5.16 Å². The van der Waals surface area contributed by atoms with E-state index in [1.807, 2.05) is 19.9 Å². The summed E-state index contributed by atoms with van der Waals surface area (Å²) in [5.74, 6) is 1.83. The molecule has 0 radical (unpaired) electrons. The van der Waals surface area contributed by atoms with E-state index in [0.29, 0.717) is 23.7 Å². The van der Waals surface area contributed by atoms with Gasteiger partial charge in [-0.15, -0.1) is 0 Å². The van der Waals surface area contributed by atoms with E-state index in [4.69, 9.17) is 14.0 Å². The number of sulfonamides is 1. The second kappa shape index (κ2) is 7.28. The lowest BCUT2D eigenvalue weighted by molar-refractivity contribution is 0.337. The van der Waals surface area contributed by atoms with Crippen molar-refractivity contribution in [2.75, 3.05) is 20.8 Å². The Morgan fingerprint density at radius 3 is 2.54 bits per heavy atom. The van der Waals surface area contributed by atoms with Crippen LogP contribution in [0.3, 0.4) is 0 Å². The van der Waals surface area contributed by atoms with Crippen molar-refractivity contribution in [1.82, 2.24) is 9.46 Å². The lowest BCUT2D eigenvalue weighted by Crippen LogP contribution is -2.30. The lowest BCUT2D eigenvalue weighted by Gasteiger charge is -2.23. The van der Waals surface area contributed by atoms with Crippen molar-refractivity contribution in [2.24, 2.45) is 0 Å². The number of rotatable bonds is 6. The Bertz CT molecular complexity index is 875. The van der Waals surface area contributed by atoms with Gasteiger partial charge in [0, 0.05) is 24.6 Å². The van der Waals surface area contributed by atoms with Crippen LogP contribution in [0.25, 0.3) is 0 Å². The van der Waals surface area contributed by atoms with Gasteiger partial charge in [0.1, 0.15) is 11.5 Å². The van der Waals surface area contributed by atoms with Gasteiger partial charge >= 0.3 is 0 Å². The molecular formula is C18H24N2O5S. The van der Waals surface area contributed by atoms with Gasteiger partial charge in [0.25, 0.3) is 0 Å². The second-order valence-electron chi connectivity index (χ2n) is 6.60. The molecule has 0 aliphatic carbocycles. The van der Waals surface area contributed by atoms with E-state index in [-0.39, 0.29) is 16.9 Å². The molecule has 1 aromatic carbocycles. The third-order valence-corrected chi connectivity index (χ3v) is 6.53. The van der Waals surface area contributed by atoms with Crippen molar-refractivity contribution in [3.05, 3.63) is 35.7 Å². The van der Waals surface area contributed by atoms with Crippen LogP contribution in [-0.4, -0.2) is 38.6 Å². The van der Waals surface area contributed by atoms with Crippen molar-refractivity contribution < 1.29 is 22.4 Å². The van der Waals surface area contributed by atoms with Crippen molar-refractivity contribution in [3.63, 3.8) is 0 Å². The molecule has 1 unspecified atom stereocenters. The Morgan fingerprint density at radius 1 is 1.19 bits per heavy atom. The Kier molecular flexibility index (Phi) is 5.24. The summed E-state index contributed by atoms with van der Waals surface area (Å²) in [6.45, 7) is 4.47. The molecular weight excluding hydrogens is 356 g/mol. The first kappa shape index (κ1) is 18.7. The quantitative estimate of drug-likeness (QED) is 0.764. The molecule has 2 aromatic rings. The molecule has 1 saturated heterocycles. The summed E-state index contributed by atoms with van der Waals surface area (Å²) in [7, 11) is -0.693. The minimum atomic E-state index is -3.69. The smallest absolute Gasteiger partial charge is 0.243 e. The predicted octanol–water partition coefficient (Wildman–Crippen LogP) is 3.34. The number of hydrogen-bond acceptors (Lipinski definition) is 6. The maximum atomic E-state index is 13.2. The molecule has 1 aliphatic heterocycles. The summed E-state index contributed by atoms with van der Waals surface area (Å²) >= 11 is 0. The number of hydrogen-bond donors (Lipinski definition) is 0. The van der Waals surface area contributed by atoms with Gasteiger partial charge in [0.15, 0.2) is 11.5 Å². The molecule has 142 valence electrons. The van der Waals surface area contributed by atoms with Crippen LogP contribution in [0.15, 0.2) is 33.7 Å². The van der Waals surface area contributed by atoms with E-state index in [0.717, 1.165) is 18.6 Å². The van der Waals surface area contributed by atoms with Crippen LogP contribution in [0.2, 0.25) is 0 Å². The highest BCUT2D eigenvalue weighted by Gasteiger charge is 2.38. The average Bonchev–Trinajstić information content (AvgIpc) is 3.30. The minimum Gasteiger partial charge on any atom is -0.493 e. The zero-order chi connectivity index (χ0) is 18.9. The number of methoxy groups -OCH3 is 2. The van der Waals surface area contributed by atoms with Crippen LogP contribution in [0, 0.1) is 0 Å². The van der Waals surface area contributed by atoms with Gasteiger partial charge in [-0.25, -0.2) is 8.42 Å². The van der Waals surface area contributed by atoms with Gasteiger partial charge in [0.2, 0.25) is 10.0 Å². The van der Waals surface area contributed by atoms with E-state index in [9.17, 15) is 8.42 Å². The molecule has 7 nitrogen and oxygen atoms in total. The molecule has 0 saturated carbocycles. The van der Waals surface area contributed by atoms with Crippen LogP contribution in [0.4, 0.5) is 0 Å². The van der Waals surface area contributed by atoms with Gasteiger partial charge in [-0.3, -0.25) is 0 Å². The Balaban J connectivity index is 1.95. The number of ether oxygens (including phenoxy) is 2. The van der Waals surface area contributed by atoms with Crippen molar-refractivity contribution in [2.45, 2.75) is 43.5 Å². The lowest BCUT2D eigenvalue weighted by atomic mass is 10.1. The van der Waals surface area contributed by atoms with Crippen molar-refractivity contribution in [3.8, 4) is 11.5 Å². The molecule has 0 bridgehead atoms. The second-order valence-corrected chi connectivity index (χ2v) is 8.49. The van der Waals surface area contributed by atoms with Crippen LogP contribution in [0.1, 0.15) is 50.1 Å². The monoisotopic (exact) mass is 380 g/mol. The van der Waals surface area contributed by atoms with Gasteiger partial charge in [-0.2, -0.15) is 4.31 Å². The van der Waals surface area contributed by atoms with Crippen LogP contribution < -0.4 is 9.47 Å². The maximum Gasteiger partial charge on any atom is 0.243 e. The SMILES string of the molecule is COc1ccc(S(=O)(=O)N2CCCC2c2cc(C(C)C)on2)cc1OC. The summed E-state index contributed by atoms with van der Waals surface area (Å²) in [4.78, 5) is 0.176. The first-order valence-electron chi connectivity index (χ1n) is 8.59. The number of nitrogens with zero attached hydrogens (tertiary/aromatic N) is 2. The fourth-order valence-corrected chi connectivity index (χ4v) is 4.85. The first-order valence-corrected chi connectivity index (χ1v) is 10.0. The molecule has 0 amide bonds. The van der Waals surface area contributed by atoms with Crippen LogP contribution in [0.5, 0.6) is 11.5 Å². The normalized spacial score (nSPS) is 18.4. The Morgan fingerprint density at radius 2 is 1.92 bits per heavy atom. The van der Waals surface area contributed by atoms with Gasteiger partial charge in [-0.05, 0) is 25.0 Å². The molecule has 1 atom stereocenters. The molecule has 8 heteroatoms. The molecule has 1 fully saturated rings. The highest BCUT2D eigenvalue weighted by atomic mass is 32.2. The molecule has 0 N–H and O–H groups in total. The van der Waals surface area contributed by atoms with E-state index < -0.39 is 10.0 Å². The standard InChI is InChI=1S/C18H24N2O5S/c1-12(2)17-11-14(19-25-17)15-6-5-9-20(15)26(21,22)13-7-8-16(23-3)18(10-13)24-4/h7-8,10-12,15H,5-6,9H2,1-4H3. The zero-order valence-electron chi connectivity index (χ0n) is 15.4. The van der Waals surface area contributed by atoms with Gasteiger partial charge < -0.3 is 14.0 Å². The minimum absolute atomic E-state index is 0.176. The van der Waals surface area contributed by atoms with E-state index >= 15 is 0 Å². The highest BCUT2D eigenvalue weighted by Crippen LogP contribution is 2.38. The summed E-state index contributed by atoms with van der Waals surface area (Å²) in [6, 6.07) is 6.17. The predicted molar refractivity (Wildman–Crippen MR) is 96.0 cm³/mol. The third kappa shape index (κ3) is 3.31.